The Balaban J connectivity index is 0.000000483. The Hall–Kier alpha value is -1.13. The van der Waals surface area contributed by atoms with E-state index in [0.29, 0.717) is 24.3 Å². The fraction of sp³-hybridized carbons (Fsp3) is 0.300. The summed E-state index contributed by atoms with van der Waals surface area (Å²) in [7, 11) is 0. The van der Waals surface area contributed by atoms with Gasteiger partial charge in [-0.1, -0.05) is 60.7 Å². The largest absolute Gasteiger partial charge is 2.00 e. The molecule has 0 unspecified atom stereocenters. The van der Waals surface area contributed by atoms with Gasteiger partial charge < -0.3 is 29.3 Å². The minimum absolute atomic E-state index is 0. The van der Waals surface area contributed by atoms with Gasteiger partial charge in [-0.05, 0) is 25.0 Å². The smallest absolute Gasteiger partial charge is 0.547 e. The zero-order valence-electron chi connectivity index (χ0n) is 15.5. The summed E-state index contributed by atoms with van der Waals surface area (Å²) in [6, 6.07) is 17.5. The van der Waals surface area contributed by atoms with Crippen molar-refractivity contribution in [3.05, 3.63) is 71.8 Å². The van der Waals surface area contributed by atoms with Crippen LogP contribution >= 0.6 is 0 Å². The molecule has 6 nitrogen and oxygen atoms in total. The maximum absolute atomic E-state index is 10.7. The summed E-state index contributed by atoms with van der Waals surface area (Å²) in [6.07, 6.45) is -1.91. The molecule has 0 radical (unpaired) electrons. The summed E-state index contributed by atoms with van der Waals surface area (Å²) in [5, 5.41) is 21.3. The molecule has 0 heterocycles. The number of carboxylic acid groups (broad SMARTS) is 2. The first-order chi connectivity index (χ1) is 12.5. The molecule has 2 atom stereocenters. The third-order valence-electron chi connectivity index (χ3n) is 3.30. The van der Waals surface area contributed by atoms with Crippen LogP contribution in [0.1, 0.15) is 37.2 Å². The normalized spacial score (nSPS) is 11.9. The third kappa shape index (κ3) is 9.57. The Morgan fingerprint density at radius 1 is 0.741 bits per heavy atom. The second-order valence-electron chi connectivity index (χ2n) is 5.13. The predicted molar refractivity (Wildman–Crippen MR) is 97.4 cm³/mol. The number of carbonyl (C=O) groups excluding carboxylic acids is 2. The standard InChI is InChI=1S/2C10H12O3.Ba/c2*1-2-13-9(10(11)12)8-6-4-3-5-7-8;/h2*3-7,9H,2H2,1H3,(H,11,12);/q;;+2/p-2/t2*9-;/m11./s1. The van der Waals surface area contributed by atoms with Crippen molar-refractivity contribution in [2.24, 2.45) is 0 Å². The molecule has 0 saturated heterocycles. The molecule has 140 valence electrons. The molecule has 0 aliphatic carbocycles. The number of hydrogen-bond acceptors (Lipinski definition) is 6. The van der Waals surface area contributed by atoms with E-state index in [2.05, 4.69) is 0 Å². The van der Waals surface area contributed by atoms with Crippen LogP contribution in [0.5, 0.6) is 0 Å². The van der Waals surface area contributed by atoms with Crippen LogP contribution in [-0.4, -0.2) is 74.0 Å². The molecule has 2 rings (SSSR count). The van der Waals surface area contributed by atoms with E-state index in [0.717, 1.165) is 0 Å². The van der Waals surface area contributed by atoms with Gasteiger partial charge in [0.05, 0.1) is 11.9 Å². The van der Waals surface area contributed by atoms with Gasteiger partial charge in [0.15, 0.2) is 0 Å². The molecular weight excluding hydrogens is 474 g/mol. The van der Waals surface area contributed by atoms with Gasteiger partial charge in [0.2, 0.25) is 0 Å². The molecule has 2 aromatic carbocycles. The summed E-state index contributed by atoms with van der Waals surface area (Å²) in [5.74, 6) is -2.40. The predicted octanol–water partition coefficient (Wildman–Crippen LogP) is 0.647. The summed E-state index contributed by atoms with van der Waals surface area (Å²) in [5.41, 5.74) is 1.23. The molecule has 2 aromatic rings. The number of carboxylic acids is 2. The SMILES string of the molecule is CCO[C@@H](C(=O)[O-])c1ccccc1.CCO[C@@H](C(=O)[O-])c1ccccc1.[Ba+2]. The maximum Gasteiger partial charge on any atom is 2.00 e. The van der Waals surface area contributed by atoms with E-state index in [1.54, 1.807) is 62.4 Å². The van der Waals surface area contributed by atoms with Crippen LogP contribution in [0.2, 0.25) is 0 Å². The van der Waals surface area contributed by atoms with Gasteiger partial charge in [-0.15, -0.1) is 0 Å². The van der Waals surface area contributed by atoms with Crippen LogP contribution in [0, 0.1) is 0 Å². The number of hydrogen-bond donors (Lipinski definition) is 0. The van der Waals surface area contributed by atoms with Crippen molar-refractivity contribution in [1.82, 2.24) is 0 Å². The molecule has 0 saturated carbocycles. The van der Waals surface area contributed by atoms with Crippen LogP contribution < -0.4 is 10.2 Å². The van der Waals surface area contributed by atoms with Gasteiger partial charge in [0.1, 0.15) is 12.2 Å². The Morgan fingerprint density at radius 2 is 1.04 bits per heavy atom. The minimum atomic E-state index is -1.20. The van der Waals surface area contributed by atoms with Crippen LogP contribution in [0.25, 0.3) is 0 Å². The van der Waals surface area contributed by atoms with Gasteiger partial charge in [-0.2, -0.15) is 0 Å². The Labute approximate surface area is 199 Å². The molecule has 7 heteroatoms. The van der Waals surface area contributed by atoms with Gasteiger partial charge >= 0.3 is 48.9 Å². The van der Waals surface area contributed by atoms with Crippen molar-refractivity contribution in [3.63, 3.8) is 0 Å². The van der Waals surface area contributed by atoms with Crippen LogP contribution in [0.4, 0.5) is 0 Å². The first-order valence-electron chi connectivity index (χ1n) is 8.26. The summed E-state index contributed by atoms with van der Waals surface area (Å²) < 4.78 is 10.1. The molecule has 0 amide bonds. The fourth-order valence-electron chi connectivity index (χ4n) is 2.19. The van der Waals surface area contributed by atoms with Crippen molar-refractivity contribution >= 4 is 60.8 Å². The van der Waals surface area contributed by atoms with E-state index in [4.69, 9.17) is 9.47 Å². The van der Waals surface area contributed by atoms with Gasteiger partial charge in [-0.3, -0.25) is 0 Å². The number of carbonyl (C=O) groups is 2. The Bertz CT molecular complexity index is 603. The second-order valence-corrected chi connectivity index (χ2v) is 5.13. The van der Waals surface area contributed by atoms with Crippen molar-refractivity contribution in [2.45, 2.75) is 26.1 Å². The van der Waals surface area contributed by atoms with Crippen LogP contribution in [0.3, 0.4) is 0 Å². The molecule has 0 fully saturated rings. The zero-order chi connectivity index (χ0) is 19.4. The van der Waals surface area contributed by atoms with Gasteiger partial charge in [-0.25, -0.2) is 0 Å². The average Bonchev–Trinajstić information content (AvgIpc) is 2.65. The number of aliphatic carboxylic acids is 2. The molecule has 0 aliphatic heterocycles. The van der Waals surface area contributed by atoms with Crippen LogP contribution in [0.15, 0.2) is 60.7 Å². The van der Waals surface area contributed by atoms with Crippen molar-refractivity contribution in [1.29, 1.82) is 0 Å². The Morgan fingerprint density at radius 3 is 1.26 bits per heavy atom. The van der Waals surface area contributed by atoms with E-state index in [1.165, 1.54) is 0 Å². The molecule has 0 aliphatic rings. The first kappa shape index (κ1) is 25.9. The van der Waals surface area contributed by atoms with E-state index in [-0.39, 0.29) is 48.9 Å². The topological polar surface area (TPSA) is 98.7 Å². The first-order valence-corrected chi connectivity index (χ1v) is 8.26. The molecule has 0 spiro atoms. The van der Waals surface area contributed by atoms with Gasteiger partial charge in [0.25, 0.3) is 0 Å². The third-order valence-corrected chi connectivity index (χ3v) is 3.30. The molecule has 0 aromatic heterocycles. The maximum atomic E-state index is 10.7. The number of rotatable bonds is 8. The quantitative estimate of drug-likeness (QED) is 0.499. The summed E-state index contributed by atoms with van der Waals surface area (Å²) >= 11 is 0. The minimum Gasteiger partial charge on any atom is -0.547 e. The van der Waals surface area contributed by atoms with E-state index in [1.807, 2.05) is 12.1 Å². The zero-order valence-corrected chi connectivity index (χ0v) is 19.9. The van der Waals surface area contributed by atoms with E-state index in [9.17, 15) is 19.8 Å². The molecule has 27 heavy (non-hydrogen) atoms. The van der Waals surface area contributed by atoms with E-state index < -0.39 is 24.1 Å². The van der Waals surface area contributed by atoms with Crippen molar-refractivity contribution in [2.75, 3.05) is 13.2 Å². The van der Waals surface area contributed by atoms with E-state index >= 15 is 0 Å². The fourth-order valence-corrected chi connectivity index (χ4v) is 2.19. The number of ether oxygens (including phenoxy) is 2. The molecular formula is C20H22BaO6. The Kier molecular flexibility index (Phi) is 14.2. The second kappa shape index (κ2) is 14.9. The van der Waals surface area contributed by atoms with Crippen molar-refractivity contribution in [3.8, 4) is 0 Å². The van der Waals surface area contributed by atoms with Crippen molar-refractivity contribution < 1.29 is 29.3 Å². The number of benzene rings is 2. The monoisotopic (exact) mass is 496 g/mol. The van der Waals surface area contributed by atoms with Crippen LogP contribution in [-0.2, 0) is 19.1 Å². The summed E-state index contributed by atoms with van der Waals surface area (Å²) in [4.78, 5) is 21.3. The molecule has 0 bridgehead atoms. The average molecular weight is 496 g/mol. The summed E-state index contributed by atoms with van der Waals surface area (Å²) in [6.45, 7) is 4.21. The van der Waals surface area contributed by atoms with Gasteiger partial charge in [0, 0.05) is 13.2 Å². The molecule has 0 N–H and O–H groups in total.